The second-order valence-electron chi connectivity index (χ2n) is 28.2. The summed E-state index contributed by atoms with van der Waals surface area (Å²) in [5.41, 5.74) is 7.78. The Labute approximate surface area is 651 Å². The van der Waals surface area contributed by atoms with Crippen LogP contribution in [0.4, 0.5) is 17.2 Å². The molecular formula is C68H81N13O27P2S4+2. The third kappa shape index (κ3) is 17.7. The Balaban J connectivity index is 0.634. The van der Waals surface area contributed by atoms with Crippen LogP contribution in [0.5, 0.6) is 0 Å². The number of allylic oxidation sites excluding steroid dienone is 6. The number of hydrogen-bond acceptors (Lipinski definition) is 28. The SMILES string of the molecule is CCN1/C(=C/C=C/C=C/C2=[N+](CCCCCC(=O)NCCCn3cc(CNc4ncnc5c4ncn5[C@@H]4O[C@H](COP(=O)(O)OP(=O)(O)OC[C@H]5O[C@@H]([n+]6cccc(C(N)=O)c6)[C@H](O)[C@@H]5O)[C@@H](O)[C@H]4O)nn3)c3ccc4c(S(=O)(=O)O)cc(S(=O)(=O)O)cc4c3C2(C)C)C(C)(C)c2c1ccc1c(S(=O)(=O)O)cc(S(=O)(=O)O)cc21. The Bertz CT molecular complexity index is 5880. The average Bonchev–Trinajstić information content (AvgIpc) is 1.59. The van der Waals surface area contributed by atoms with Gasteiger partial charge in [0.15, 0.2) is 47.4 Å². The van der Waals surface area contributed by atoms with Gasteiger partial charge >= 0.3 is 15.6 Å². The third-order valence-corrected chi connectivity index (χ3v) is 26.0. The number of likely N-dealkylation sites (N-methyl/N-ethyl adjacent to an activating group) is 1. The zero-order chi connectivity index (χ0) is 82.7. The van der Waals surface area contributed by atoms with Crippen molar-refractivity contribution in [3.8, 4) is 0 Å². The van der Waals surface area contributed by atoms with Crippen LogP contribution in [0.3, 0.4) is 0 Å². The van der Waals surface area contributed by atoms with E-state index >= 15 is 0 Å². The van der Waals surface area contributed by atoms with Crippen molar-refractivity contribution in [1.29, 1.82) is 0 Å². The topological polar surface area (TPSA) is 588 Å². The van der Waals surface area contributed by atoms with Crippen molar-refractivity contribution in [2.75, 3.05) is 43.1 Å². The molecule has 4 aliphatic heterocycles. The number of primary amides is 1. The van der Waals surface area contributed by atoms with E-state index in [-0.39, 0.29) is 63.0 Å². The van der Waals surface area contributed by atoms with Crippen LogP contribution in [0.15, 0.2) is 148 Å². The van der Waals surface area contributed by atoms with Crippen molar-refractivity contribution in [1.82, 2.24) is 39.8 Å². The molecular weight excluding hydrogens is 1620 g/mol. The van der Waals surface area contributed by atoms with E-state index in [1.165, 1.54) is 64.5 Å². The minimum atomic E-state index is -5.53. The van der Waals surface area contributed by atoms with Gasteiger partial charge in [0, 0.05) is 83.8 Å². The standard InChI is InChI=1S/C68H79N13O27P2S4/c1-6-79-46-21-19-42-44(27-40(111(92,93)94)29-50(42)113(98,99)100)55(46)67(2,3)52(79)16-9-7-10-17-53-68(4,5)56-45-28-41(112(95,96)97)30-51(114(101,102)103)43(45)20-22-47(56)80(53)26-12-8-11-18-54(82)70-23-14-25-78-33-39(75-76-78)31-71-63-57-64(73-36-72-63)81(37-74-57)66-61(86)59(84)49(107-66)35-105-110(90,91)108-109(88,89)104-34-48-58(83)60(85)65(106-48)77-24-13-15-38(32-77)62(69)87/h7,9-10,13,15-17,19-22,24,27-30,32-33,36-37,48-49,58-61,65-66,83-86H,6,8,11-12,14,18,23,25-26,31,34-35H2,1-5H3,(H8-2,69,70,71,72,73,82,87,88,89,90,91,92,93,94,95,96,97,98,99,100,101,102,103)/p+2/t48-,49-,58-,59-,60-,61-,65-,66-/m1/s1. The summed E-state index contributed by atoms with van der Waals surface area (Å²) in [6, 6.07) is 12.7. The van der Waals surface area contributed by atoms with Gasteiger partial charge in [-0.3, -0.25) is 46.1 Å². The molecule has 2 unspecified atom stereocenters. The van der Waals surface area contributed by atoms with Crippen molar-refractivity contribution in [2.24, 2.45) is 5.73 Å². The molecule has 8 heterocycles. The van der Waals surface area contributed by atoms with E-state index in [1.54, 1.807) is 41.2 Å². The number of unbranched alkanes of at least 4 members (excludes halogenated alkanes) is 2. The molecule has 0 saturated carbocycles. The molecule has 4 aliphatic rings. The molecule has 40 nitrogen and oxygen atoms in total. The maximum Gasteiger partial charge on any atom is 0.481 e. The van der Waals surface area contributed by atoms with Gasteiger partial charge in [-0.15, -0.1) is 5.10 Å². The van der Waals surface area contributed by atoms with Crippen molar-refractivity contribution in [2.45, 2.75) is 159 Å². The predicted octanol–water partition coefficient (Wildman–Crippen LogP) is 3.86. The lowest BCUT2D eigenvalue weighted by Crippen LogP contribution is -2.46. The highest BCUT2D eigenvalue weighted by molar-refractivity contribution is 7.87. The number of nitrogens with zero attached hydrogens (tertiary/aromatic N) is 10. The number of aryl methyl sites for hydroxylation is 1. The predicted molar refractivity (Wildman–Crippen MR) is 401 cm³/mol. The normalized spacial score (nSPS) is 22.6. The Hall–Kier alpha value is -8.67. The molecule has 8 aromatic rings. The van der Waals surface area contributed by atoms with E-state index in [0.29, 0.717) is 97.9 Å². The molecule has 114 heavy (non-hydrogen) atoms. The van der Waals surface area contributed by atoms with Crippen LogP contribution in [-0.2, 0) is 101 Å². The van der Waals surface area contributed by atoms with E-state index in [9.17, 15) is 101 Å². The van der Waals surface area contributed by atoms with Crippen LogP contribution in [-0.4, -0.2) is 208 Å². The first-order valence-electron chi connectivity index (χ1n) is 35.1. The number of aliphatic hydroxyl groups is 4. The number of imidazole rings is 1. The molecule has 10 atom stereocenters. The largest absolute Gasteiger partial charge is 0.481 e. The van der Waals surface area contributed by atoms with Crippen molar-refractivity contribution in [3.63, 3.8) is 0 Å². The summed E-state index contributed by atoms with van der Waals surface area (Å²) in [6.45, 7) is 8.84. The molecule has 46 heteroatoms. The number of nitrogens with two attached hydrogens (primary N) is 1. The van der Waals surface area contributed by atoms with Gasteiger partial charge < -0.3 is 61.0 Å². The number of fused-ring (bicyclic) bond motifs is 7. The van der Waals surface area contributed by atoms with E-state index in [2.05, 4.69) is 40.2 Å². The Kier molecular flexibility index (Phi) is 24.1. The van der Waals surface area contributed by atoms with Gasteiger partial charge in [-0.05, 0) is 105 Å². The fourth-order valence-electron chi connectivity index (χ4n) is 14.6. The number of carbonyl (C=O) groups excluding carboxylic acids is 2. The van der Waals surface area contributed by atoms with E-state index in [1.807, 2.05) is 56.2 Å². The zero-order valence-corrected chi connectivity index (χ0v) is 66.2. The van der Waals surface area contributed by atoms with Gasteiger partial charge in [-0.2, -0.15) is 47.1 Å². The quantitative estimate of drug-likeness (QED) is 0.00936. The van der Waals surface area contributed by atoms with Crippen LogP contribution in [0.1, 0.15) is 106 Å². The molecule has 0 bridgehead atoms. The summed E-state index contributed by atoms with van der Waals surface area (Å²) < 4.78 is 199. The number of anilines is 2. The van der Waals surface area contributed by atoms with Crippen molar-refractivity contribution >= 4 is 124 Å². The van der Waals surface area contributed by atoms with Crippen LogP contribution in [0.25, 0.3) is 32.7 Å². The first-order chi connectivity index (χ1) is 53.4. The van der Waals surface area contributed by atoms with Gasteiger partial charge in [0.05, 0.1) is 47.5 Å². The van der Waals surface area contributed by atoms with E-state index in [4.69, 9.17) is 24.3 Å². The van der Waals surface area contributed by atoms with E-state index in [0.717, 1.165) is 11.8 Å². The summed E-state index contributed by atoms with van der Waals surface area (Å²) in [4.78, 5) is 57.5. The molecule has 2 amide bonds. The minimum absolute atomic E-state index is 0.00344. The first kappa shape index (κ1) is 84.7. The smallest absolute Gasteiger partial charge is 0.387 e. The average molecular weight is 1700 g/mol. The Morgan fingerprint density at radius 2 is 1.35 bits per heavy atom. The van der Waals surface area contributed by atoms with Crippen LogP contribution in [0.2, 0.25) is 0 Å². The molecule has 14 N–H and O–H groups in total. The molecule has 0 aliphatic carbocycles. The number of benzene rings is 4. The number of hydrogen-bond donors (Lipinski definition) is 13. The van der Waals surface area contributed by atoms with Crippen LogP contribution < -0.4 is 25.8 Å². The Morgan fingerprint density at radius 1 is 0.719 bits per heavy atom. The van der Waals surface area contributed by atoms with Gasteiger partial charge in [0.25, 0.3) is 52.6 Å². The maximum absolute atomic E-state index is 13.2. The highest BCUT2D eigenvalue weighted by Crippen LogP contribution is 2.61. The summed E-state index contributed by atoms with van der Waals surface area (Å²) in [5.74, 6) is -0.800. The highest BCUT2D eigenvalue weighted by atomic mass is 32.2. The zero-order valence-electron chi connectivity index (χ0n) is 61.1. The number of aromatic nitrogens is 8. The van der Waals surface area contributed by atoms with Crippen LogP contribution >= 0.6 is 15.6 Å². The molecule has 12 rings (SSSR count). The van der Waals surface area contributed by atoms with Crippen molar-refractivity contribution in [3.05, 3.63) is 150 Å². The van der Waals surface area contributed by atoms with Gasteiger partial charge in [-0.25, -0.2) is 24.1 Å². The van der Waals surface area contributed by atoms with Crippen molar-refractivity contribution < 1.29 is 133 Å². The van der Waals surface area contributed by atoms with Gasteiger partial charge in [-0.1, -0.05) is 43.4 Å². The maximum atomic E-state index is 13.2. The van der Waals surface area contributed by atoms with Gasteiger partial charge in [0.2, 0.25) is 11.6 Å². The molecule has 2 fully saturated rings. The Morgan fingerprint density at radius 3 is 1.98 bits per heavy atom. The molecule has 0 spiro atoms. The minimum Gasteiger partial charge on any atom is -0.387 e. The fraction of sp³-hybridized carbons (Fsp3) is 0.397. The lowest BCUT2D eigenvalue weighted by molar-refractivity contribution is -0.765. The molecule has 2 saturated heterocycles. The number of phosphoric acid groups is 2. The number of pyridine rings is 1. The number of ether oxygens (including phenoxy) is 2. The number of rotatable bonds is 32. The second kappa shape index (κ2) is 32.4. The first-order valence-corrected chi connectivity index (χ1v) is 43.8. The summed E-state index contributed by atoms with van der Waals surface area (Å²) in [7, 11) is -31.0. The third-order valence-electron chi connectivity index (χ3n) is 19.9. The number of amides is 2. The number of aliphatic hydroxyl groups excluding tert-OH is 4. The monoisotopic (exact) mass is 1700 g/mol. The molecule has 4 aromatic carbocycles. The second-order valence-corrected chi connectivity index (χ2v) is 36.8. The van der Waals surface area contributed by atoms with Crippen LogP contribution in [0, 0.1) is 0 Å². The van der Waals surface area contributed by atoms with Gasteiger partial charge in [0.1, 0.15) is 64.4 Å². The number of phosphoric ester groups is 2. The highest BCUT2D eigenvalue weighted by Gasteiger charge is 2.52. The number of nitrogens with one attached hydrogen (secondary N) is 2. The molecule has 4 aromatic heterocycles. The van der Waals surface area contributed by atoms with E-state index < -0.39 is 155 Å². The number of carbonyl (C=O) groups is 2. The molecule has 0 radical (unpaired) electrons. The fourth-order valence-corrected chi connectivity index (χ4v) is 19.4. The summed E-state index contributed by atoms with van der Waals surface area (Å²) in [6.07, 6.45) is 5.14. The lowest BCUT2D eigenvalue weighted by Gasteiger charge is -2.26. The summed E-state index contributed by atoms with van der Waals surface area (Å²) in [5, 5.41) is 57.9. The lowest BCUT2D eigenvalue weighted by atomic mass is 9.79. The summed E-state index contributed by atoms with van der Waals surface area (Å²) >= 11 is 0. The molecule has 612 valence electrons.